The highest BCUT2D eigenvalue weighted by Crippen LogP contribution is 2.26. The van der Waals surface area contributed by atoms with E-state index < -0.39 is 30.1 Å². The number of amides is 1. The molecule has 12 heteroatoms. The van der Waals surface area contributed by atoms with Crippen molar-refractivity contribution in [1.82, 2.24) is 29.3 Å². The van der Waals surface area contributed by atoms with Crippen molar-refractivity contribution < 1.29 is 22.4 Å². The smallest absolute Gasteiger partial charge is 0.280 e. The molecule has 0 spiro atoms. The van der Waals surface area contributed by atoms with Crippen molar-refractivity contribution in [2.24, 2.45) is 0 Å². The van der Waals surface area contributed by atoms with Gasteiger partial charge in [-0.3, -0.25) is 9.48 Å². The van der Waals surface area contributed by atoms with Crippen LogP contribution in [-0.4, -0.2) is 42.2 Å². The van der Waals surface area contributed by atoms with E-state index in [-0.39, 0.29) is 17.9 Å². The van der Waals surface area contributed by atoms with Crippen LogP contribution in [0, 0.1) is 0 Å². The average Bonchev–Trinajstić information content (AvgIpc) is 3.23. The van der Waals surface area contributed by atoms with Gasteiger partial charge in [0.25, 0.3) is 18.8 Å². The van der Waals surface area contributed by atoms with Crippen LogP contribution in [0.5, 0.6) is 0 Å². The van der Waals surface area contributed by atoms with E-state index in [1.165, 1.54) is 11.9 Å². The highest BCUT2D eigenvalue weighted by molar-refractivity contribution is 9.10. The number of fused-ring (bicyclic) bond motifs is 1. The second kappa shape index (κ2) is 7.86. The fourth-order valence-electron chi connectivity index (χ4n) is 2.59. The maximum atomic E-state index is 13.2. The summed E-state index contributed by atoms with van der Waals surface area (Å²) in [5.41, 5.74) is -1.39. The van der Waals surface area contributed by atoms with Crippen LogP contribution >= 0.6 is 15.9 Å². The minimum absolute atomic E-state index is 0.137. The molecule has 0 atom stereocenters. The van der Waals surface area contributed by atoms with Crippen molar-refractivity contribution in [3.63, 3.8) is 0 Å². The van der Waals surface area contributed by atoms with Crippen LogP contribution in [0.1, 0.15) is 47.3 Å². The van der Waals surface area contributed by atoms with E-state index >= 15 is 0 Å². The van der Waals surface area contributed by atoms with Gasteiger partial charge in [-0.15, -0.1) is 0 Å². The number of hydrogen-bond acceptors (Lipinski definition) is 4. The first-order chi connectivity index (χ1) is 13.2. The molecule has 3 aromatic rings. The number of aryl methyl sites for hydroxylation is 1. The van der Waals surface area contributed by atoms with Crippen molar-refractivity contribution in [3.8, 4) is 0 Å². The molecular weight excluding hydrogens is 448 g/mol. The molecule has 28 heavy (non-hydrogen) atoms. The van der Waals surface area contributed by atoms with E-state index in [1.807, 2.05) is 6.92 Å². The number of aromatic nitrogens is 5. The lowest BCUT2D eigenvalue weighted by atomic mass is 10.3. The standard InChI is InChI=1S/C16H15BrF4N6O/c1-3-26-6-8(17)11(23-26)7-25(2)16(28)10-5-13-22-9(14(18)19)4-12(15(20)21)27(13)24-10/h4-6,14-15H,3,7H2,1-2H3. The van der Waals surface area contributed by atoms with Gasteiger partial charge in [0.05, 0.1) is 16.7 Å². The quantitative estimate of drug-likeness (QED) is 0.521. The Hall–Kier alpha value is -2.50. The lowest BCUT2D eigenvalue weighted by Gasteiger charge is -2.14. The number of carbonyl (C=O) groups is 1. The van der Waals surface area contributed by atoms with E-state index in [4.69, 9.17) is 0 Å². The predicted molar refractivity (Wildman–Crippen MR) is 94.3 cm³/mol. The predicted octanol–water partition coefficient (Wildman–Crippen LogP) is 3.86. The molecule has 7 nitrogen and oxygen atoms in total. The summed E-state index contributed by atoms with van der Waals surface area (Å²) in [4.78, 5) is 17.6. The van der Waals surface area contributed by atoms with Crippen LogP contribution in [0.3, 0.4) is 0 Å². The number of carbonyl (C=O) groups excluding carboxylic acids is 1. The zero-order valence-electron chi connectivity index (χ0n) is 14.8. The van der Waals surface area contributed by atoms with Crippen molar-refractivity contribution in [2.45, 2.75) is 32.9 Å². The van der Waals surface area contributed by atoms with E-state index in [9.17, 15) is 22.4 Å². The molecule has 0 unspecified atom stereocenters. The van der Waals surface area contributed by atoms with Crippen LogP contribution in [-0.2, 0) is 13.1 Å². The lowest BCUT2D eigenvalue weighted by molar-refractivity contribution is 0.0776. The molecule has 0 fully saturated rings. The largest absolute Gasteiger partial charge is 0.334 e. The molecular formula is C16H15BrF4N6O. The molecule has 150 valence electrons. The van der Waals surface area contributed by atoms with E-state index in [1.54, 1.807) is 10.9 Å². The molecule has 0 saturated heterocycles. The monoisotopic (exact) mass is 462 g/mol. The zero-order chi connectivity index (χ0) is 20.6. The Bertz CT molecular complexity index is 1020. The third kappa shape index (κ3) is 3.86. The summed E-state index contributed by atoms with van der Waals surface area (Å²) >= 11 is 3.36. The van der Waals surface area contributed by atoms with E-state index in [2.05, 4.69) is 31.1 Å². The Morgan fingerprint density at radius 1 is 1.21 bits per heavy atom. The molecule has 0 aromatic carbocycles. The SMILES string of the molecule is CCn1cc(Br)c(CN(C)C(=O)c2cc3nc(C(F)F)cc(C(F)F)n3n2)n1. The summed E-state index contributed by atoms with van der Waals surface area (Å²) in [5.74, 6) is -0.581. The summed E-state index contributed by atoms with van der Waals surface area (Å²) in [6.07, 6.45) is -4.31. The van der Waals surface area contributed by atoms with Crippen molar-refractivity contribution >= 4 is 27.5 Å². The van der Waals surface area contributed by atoms with Gasteiger partial charge in [0.15, 0.2) is 11.3 Å². The van der Waals surface area contributed by atoms with Gasteiger partial charge in [-0.25, -0.2) is 27.1 Å². The van der Waals surface area contributed by atoms with Gasteiger partial charge in [-0.1, -0.05) is 0 Å². The first-order valence-corrected chi connectivity index (χ1v) is 8.94. The van der Waals surface area contributed by atoms with Gasteiger partial charge in [-0.2, -0.15) is 10.2 Å². The molecule has 3 rings (SSSR count). The normalized spacial score (nSPS) is 11.8. The third-order valence-corrected chi connectivity index (χ3v) is 4.65. The number of halogens is 5. The molecule has 0 aliphatic heterocycles. The Morgan fingerprint density at radius 2 is 1.93 bits per heavy atom. The molecule has 0 bridgehead atoms. The van der Waals surface area contributed by atoms with Gasteiger partial charge < -0.3 is 4.90 Å². The van der Waals surface area contributed by atoms with Gasteiger partial charge in [0, 0.05) is 25.9 Å². The van der Waals surface area contributed by atoms with Crippen LogP contribution in [0.15, 0.2) is 22.8 Å². The first kappa shape index (κ1) is 20.2. The molecule has 3 heterocycles. The molecule has 0 saturated carbocycles. The van der Waals surface area contributed by atoms with Crippen LogP contribution in [0.2, 0.25) is 0 Å². The molecule has 3 aromatic heterocycles. The summed E-state index contributed by atoms with van der Waals surface area (Å²) in [6, 6.07) is 1.69. The summed E-state index contributed by atoms with van der Waals surface area (Å²) < 4.78 is 55.4. The molecule has 0 radical (unpaired) electrons. The number of hydrogen-bond donors (Lipinski definition) is 0. The number of alkyl halides is 4. The summed E-state index contributed by atoms with van der Waals surface area (Å²) in [5, 5.41) is 8.15. The number of rotatable bonds is 6. The summed E-state index contributed by atoms with van der Waals surface area (Å²) in [6.45, 7) is 2.70. The fourth-order valence-corrected chi connectivity index (χ4v) is 3.03. The third-order valence-electron chi connectivity index (χ3n) is 3.99. The van der Waals surface area contributed by atoms with Gasteiger partial charge in [-0.05, 0) is 28.9 Å². The Kier molecular flexibility index (Phi) is 5.68. The van der Waals surface area contributed by atoms with Crippen LogP contribution in [0.25, 0.3) is 5.65 Å². The fraction of sp³-hybridized carbons (Fsp3) is 0.375. The molecule has 0 aliphatic carbocycles. The van der Waals surface area contributed by atoms with Crippen LogP contribution in [0.4, 0.5) is 17.6 Å². The zero-order valence-corrected chi connectivity index (χ0v) is 16.4. The first-order valence-electron chi connectivity index (χ1n) is 8.15. The highest BCUT2D eigenvalue weighted by Gasteiger charge is 2.24. The lowest BCUT2D eigenvalue weighted by Crippen LogP contribution is -2.27. The average molecular weight is 463 g/mol. The summed E-state index contributed by atoms with van der Waals surface area (Å²) in [7, 11) is 1.50. The maximum absolute atomic E-state index is 13.2. The van der Waals surface area contributed by atoms with E-state index in [0.717, 1.165) is 6.07 Å². The maximum Gasteiger partial charge on any atom is 0.280 e. The van der Waals surface area contributed by atoms with Crippen LogP contribution < -0.4 is 0 Å². The van der Waals surface area contributed by atoms with Crippen molar-refractivity contribution in [2.75, 3.05) is 7.05 Å². The topological polar surface area (TPSA) is 68.3 Å². The molecule has 1 amide bonds. The second-order valence-electron chi connectivity index (χ2n) is 5.95. The van der Waals surface area contributed by atoms with Gasteiger partial charge in [0.2, 0.25) is 0 Å². The highest BCUT2D eigenvalue weighted by atomic mass is 79.9. The van der Waals surface area contributed by atoms with Gasteiger partial charge >= 0.3 is 0 Å². The minimum atomic E-state index is -3.06. The second-order valence-corrected chi connectivity index (χ2v) is 6.80. The van der Waals surface area contributed by atoms with Crippen molar-refractivity contribution in [1.29, 1.82) is 0 Å². The van der Waals surface area contributed by atoms with Crippen molar-refractivity contribution in [3.05, 3.63) is 45.6 Å². The Labute approximate surface area is 165 Å². The minimum Gasteiger partial charge on any atom is -0.334 e. The Morgan fingerprint density at radius 3 is 2.50 bits per heavy atom. The number of nitrogens with zero attached hydrogens (tertiary/aromatic N) is 6. The molecule has 0 N–H and O–H groups in total. The van der Waals surface area contributed by atoms with Gasteiger partial charge in [0.1, 0.15) is 11.4 Å². The van der Waals surface area contributed by atoms with E-state index in [0.29, 0.717) is 27.3 Å². The molecule has 0 aliphatic rings. The Balaban J connectivity index is 1.92.